The van der Waals surface area contributed by atoms with Crippen LogP contribution < -0.4 is 5.32 Å². The molecule has 0 bridgehead atoms. The molecule has 7 heteroatoms. The topological polar surface area (TPSA) is 79.9 Å². The van der Waals surface area contributed by atoms with Crippen LogP contribution in [0.15, 0.2) is 30.3 Å². The van der Waals surface area contributed by atoms with Crippen LogP contribution in [0.2, 0.25) is 5.15 Å². The van der Waals surface area contributed by atoms with E-state index in [4.69, 9.17) is 16.3 Å². The van der Waals surface area contributed by atoms with Crippen molar-refractivity contribution in [3.63, 3.8) is 0 Å². The van der Waals surface area contributed by atoms with Crippen molar-refractivity contribution in [1.82, 2.24) is 15.1 Å². The van der Waals surface area contributed by atoms with E-state index in [1.807, 2.05) is 36.4 Å². The van der Waals surface area contributed by atoms with Gasteiger partial charge >= 0.3 is 0 Å². The number of nitrogens with one attached hydrogen (secondary N) is 1. The molecule has 0 aliphatic carbocycles. The molecule has 0 saturated carbocycles. The van der Waals surface area contributed by atoms with Crippen LogP contribution in [0.25, 0.3) is 0 Å². The molecule has 6 nitrogen and oxygen atoms in total. The molecule has 0 unspecified atom stereocenters. The molecule has 1 atom stereocenters. The van der Waals surface area contributed by atoms with E-state index in [-0.39, 0.29) is 17.3 Å². The quantitative estimate of drug-likeness (QED) is 0.871. The van der Waals surface area contributed by atoms with E-state index in [1.54, 1.807) is 18.5 Å². The number of amides is 1. The molecule has 126 valence electrons. The van der Waals surface area contributed by atoms with Gasteiger partial charge in [-0.15, -0.1) is 0 Å². The van der Waals surface area contributed by atoms with Crippen molar-refractivity contribution >= 4 is 17.5 Å². The number of aryl methyl sites for hydroxylation is 1. The summed E-state index contributed by atoms with van der Waals surface area (Å²) in [5.74, 6) is -0.446. The molecule has 1 aromatic heterocycles. The van der Waals surface area contributed by atoms with Crippen LogP contribution >= 0.6 is 11.6 Å². The molecule has 24 heavy (non-hydrogen) atoms. The summed E-state index contributed by atoms with van der Waals surface area (Å²) < 4.78 is 6.56. The lowest BCUT2D eigenvalue weighted by atomic mass is 10.1. The zero-order valence-corrected chi connectivity index (χ0v) is 14.6. The first kappa shape index (κ1) is 18.0. The van der Waals surface area contributed by atoms with Crippen molar-refractivity contribution in [3.8, 4) is 6.07 Å². The Morgan fingerprint density at radius 3 is 2.71 bits per heavy atom. The Labute approximate surface area is 146 Å². The number of carbonyl (C=O) groups is 1. The number of hydrogen-bond donors (Lipinski definition) is 1. The molecule has 2 rings (SSSR count). The van der Waals surface area contributed by atoms with Gasteiger partial charge in [-0.05, 0) is 19.4 Å². The minimum absolute atomic E-state index is 0.0735. The minimum Gasteiger partial charge on any atom is -0.381 e. The first-order valence-electron chi connectivity index (χ1n) is 7.39. The largest absolute Gasteiger partial charge is 0.381 e. The van der Waals surface area contributed by atoms with Crippen LogP contribution in [-0.4, -0.2) is 34.9 Å². The Bertz CT molecular complexity index is 767. The second kappa shape index (κ2) is 7.47. The van der Waals surface area contributed by atoms with E-state index < -0.39 is 11.4 Å². The molecule has 1 amide bonds. The summed E-state index contributed by atoms with van der Waals surface area (Å²) in [5.41, 5.74) is 0.662. The summed E-state index contributed by atoms with van der Waals surface area (Å²) in [5, 5.41) is 16.5. The molecule has 0 radical (unpaired) electrons. The highest BCUT2D eigenvalue weighted by Crippen LogP contribution is 2.21. The highest BCUT2D eigenvalue weighted by atomic mass is 35.5. The Morgan fingerprint density at radius 2 is 2.12 bits per heavy atom. The first-order chi connectivity index (χ1) is 11.4. The van der Waals surface area contributed by atoms with Gasteiger partial charge in [0.1, 0.15) is 10.7 Å². The lowest BCUT2D eigenvalue weighted by Gasteiger charge is -2.22. The predicted molar refractivity (Wildman–Crippen MR) is 90.9 cm³/mol. The third-order valence-electron chi connectivity index (χ3n) is 3.54. The molecule has 0 aliphatic rings. The molecular weight excluding hydrogens is 328 g/mol. The molecule has 0 aliphatic heterocycles. The molecule has 0 saturated heterocycles. The van der Waals surface area contributed by atoms with Crippen molar-refractivity contribution in [2.45, 2.75) is 25.9 Å². The van der Waals surface area contributed by atoms with Gasteiger partial charge in [-0.1, -0.05) is 41.9 Å². The normalized spacial score (nSPS) is 13.1. The fourth-order valence-electron chi connectivity index (χ4n) is 2.37. The van der Waals surface area contributed by atoms with E-state index in [1.165, 1.54) is 7.11 Å². The summed E-state index contributed by atoms with van der Waals surface area (Å²) in [6, 6.07) is 11.7. The van der Waals surface area contributed by atoms with Crippen LogP contribution in [0.5, 0.6) is 0 Å². The fourth-order valence-corrected chi connectivity index (χ4v) is 2.69. The highest BCUT2D eigenvalue weighted by molar-refractivity contribution is 6.33. The highest BCUT2D eigenvalue weighted by Gasteiger charge is 2.30. The SMILES string of the molecule is COC[C@](C)(C#N)NC(=O)c1c(C)nn(Cc2ccccc2)c1Cl. The summed E-state index contributed by atoms with van der Waals surface area (Å²) >= 11 is 6.35. The van der Waals surface area contributed by atoms with Gasteiger partial charge in [-0.3, -0.25) is 4.79 Å². The van der Waals surface area contributed by atoms with E-state index in [0.717, 1.165) is 5.56 Å². The van der Waals surface area contributed by atoms with Gasteiger partial charge < -0.3 is 10.1 Å². The number of ether oxygens (including phenoxy) is 1. The van der Waals surface area contributed by atoms with Crippen LogP contribution in [0, 0.1) is 18.3 Å². The maximum Gasteiger partial charge on any atom is 0.257 e. The summed E-state index contributed by atoms with van der Waals surface area (Å²) in [6.07, 6.45) is 0. The van der Waals surface area contributed by atoms with Gasteiger partial charge in [-0.2, -0.15) is 10.4 Å². The van der Waals surface area contributed by atoms with Crippen molar-refractivity contribution in [1.29, 1.82) is 5.26 Å². The lowest BCUT2D eigenvalue weighted by molar-refractivity contribution is 0.0859. The second-order valence-electron chi connectivity index (χ2n) is 5.73. The second-order valence-corrected chi connectivity index (χ2v) is 6.08. The van der Waals surface area contributed by atoms with E-state index >= 15 is 0 Å². The number of nitrogens with zero attached hydrogens (tertiary/aromatic N) is 3. The lowest BCUT2D eigenvalue weighted by Crippen LogP contribution is -2.48. The van der Waals surface area contributed by atoms with Gasteiger partial charge in [0.2, 0.25) is 0 Å². The molecule has 1 N–H and O–H groups in total. The molecule has 1 aromatic carbocycles. The van der Waals surface area contributed by atoms with Crippen LogP contribution in [0.4, 0.5) is 0 Å². The summed E-state index contributed by atoms with van der Waals surface area (Å²) in [4.78, 5) is 12.5. The minimum atomic E-state index is -1.14. The number of halogens is 1. The zero-order valence-electron chi connectivity index (χ0n) is 13.8. The third kappa shape index (κ3) is 3.94. The molecule has 0 fully saturated rings. The maximum atomic E-state index is 12.5. The summed E-state index contributed by atoms with van der Waals surface area (Å²) in [6.45, 7) is 3.83. The van der Waals surface area contributed by atoms with E-state index in [0.29, 0.717) is 12.2 Å². The van der Waals surface area contributed by atoms with Gasteiger partial charge in [0, 0.05) is 7.11 Å². The Hall–Kier alpha value is -2.36. The number of rotatable bonds is 6. The van der Waals surface area contributed by atoms with Crippen molar-refractivity contribution in [2.75, 3.05) is 13.7 Å². The Kier molecular flexibility index (Phi) is 5.60. The van der Waals surface area contributed by atoms with Crippen molar-refractivity contribution in [2.24, 2.45) is 0 Å². The standard InChI is InChI=1S/C17H19ClN4O2/c1-12-14(16(23)20-17(2,10-19)11-24-3)15(18)22(21-12)9-13-7-5-4-6-8-13/h4-8H,9,11H2,1-3H3,(H,20,23)/t17-/m0/s1. The molecular formula is C17H19ClN4O2. The van der Waals surface area contributed by atoms with Crippen molar-refractivity contribution in [3.05, 3.63) is 52.3 Å². The van der Waals surface area contributed by atoms with Gasteiger partial charge in [-0.25, -0.2) is 4.68 Å². The average molecular weight is 347 g/mol. The molecule has 2 aromatic rings. The van der Waals surface area contributed by atoms with Gasteiger partial charge in [0.05, 0.1) is 30.5 Å². The predicted octanol–water partition coefficient (Wildman–Crippen LogP) is 2.55. The number of hydrogen-bond acceptors (Lipinski definition) is 4. The number of aromatic nitrogens is 2. The summed E-state index contributed by atoms with van der Waals surface area (Å²) in [7, 11) is 1.47. The van der Waals surface area contributed by atoms with Crippen LogP contribution in [-0.2, 0) is 11.3 Å². The first-order valence-corrected chi connectivity index (χ1v) is 7.77. The third-order valence-corrected chi connectivity index (χ3v) is 3.92. The van der Waals surface area contributed by atoms with Gasteiger partial charge in [0.25, 0.3) is 5.91 Å². The zero-order chi connectivity index (χ0) is 17.7. The van der Waals surface area contributed by atoms with Gasteiger partial charge in [0.15, 0.2) is 0 Å². The van der Waals surface area contributed by atoms with Crippen LogP contribution in [0.1, 0.15) is 28.5 Å². The maximum absolute atomic E-state index is 12.5. The number of methoxy groups -OCH3 is 1. The average Bonchev–Trinajstić information content (AvgIpc) is 2.82. The fraction of sp³-hybridized carbons (Fsp3) is 0.353. The Balaban J connectivity index is 2.25. The monoisotopic (exact) mass is 346 g/mol. The van der Waals surface area contributed by atoms with Crippen LogP contribution in [0.3, 0.4) is 0 Å². The number of nitriles is 1. The van der Waals surface area contributed by atoms with E-state index in [2.05, 4.69) is 10.4 Å². The number of benzene rings is 1. The molecule has 0 spiro atoms. The van der Waals surface area contributed by atoms with Crippen molar-refractivity contribution < 1.29 is 9.53 Å². The molecule has 1 heterocycles. The Morgan fingerprint density at radius 1 is 1.46 bits per heavy atom. The number of carbonyl (C=O) groups excluding carboxylic acids is 1. The van der Waals surface area contributed by atoms with E-state index in [9.17, 15) is 10.1 Å². The smallest absolute Gasteiger partial charge is 0.257 e.